The molecule has 1 aromatic heterocycles. The maximum absolute atomic E-state index is 13.2. The van der Waals surface area contributed by atoms with Crippen molar-refractivity contribution in [2.45, 2.75) is 39.5 Å². The van der Waals surface area contributed by atoms with Gasteiger partial charge in [0.05, 0.1) is 19.8 Å². The molecule has 33 heavy (non-hydrogen) atoms. The highest BCUT2D eigenvalue weighted by atomic mass is 19.1. The standard InChI is InChI=1S/C26H31FN4O2/c1-2-30(17-20-7-4-3-5-8-20)15-6-14-28-26(32)25-23-19-33-16-13-24(23)31(29-25)18-21-9-11-22(27)12-10-21/h3-5,7-12H,2,6,13-19H2,1H3,(H,28,32). The van der Waals surface area contributed by atoms with Gasteiger partial charge in [-0.05, 0) is 36.2 Å². The Morgan fingerprint density at radius 2 is 1.94 bits per heavy atom. The van der Waals surface area contributed by atoms with E-state index in [0.29, 0.717) is 38.4 Å². The first kappa shape index (κ1) is 23.1. The van der Waals surface area contributed by atoms with Crippen molar-refractivity contribution in [3.63, 3.8) is 0 Å². The van der Waals surface area contributed by atoms with Gasteiger partial charge in [0.15, 0.2) is 5.69 Å². The lowest BCUT2D eigenvalue weighted by atomic mass is 10.1. The minimum absolute atomic E-state index is 0.166. The highest BCUT2D eigenvalue weighted by molar-refractivity contribution is 5.94. The molecule has 3 aromatic rings. The topological polar surface area (TPSA) is 59.4 Å². The number of fused-ring (bicyclic) bond motifs is 1. The number of nitrogens with one attached hydrogen (secondary N) is 1. The summed E-state index contributed by atoms with van der Waals surface area (Å²) in [6, 6.07) is 16.8. The van der Waals surface area contributed by atoms with E-state index in [1.165, 1.54) is 17.7 Å². The summed E-state index contributed by atoms with van der Waals surface area (Å²) in [6.07, 6.45) is 1.57. The molecular weight excluding hydrogens is 419 g/mol. The number of carbonyl (C=O) groups excluding carboxylic acids is 1. The molecule has 174 valence electrons. The number of hydrogen-bond acceptors (Lipinski definition) is 4. The van der Waals surface area contributed by atoms with Gasteiger partial charge in [0.1, 0.15) is 5.82 Å². The molecule has 1 amide bonds. The third-order valence-electron chi connectivity index (χ3n) is 5.99. The fourth-order valence-corrected chi connectivity index (χ4v) is 4.16. The monoisotopic (exact) mass is 450 g/mol. The van der Waals surface area contributed by atoms with Crippen molar-refractivity contribution in [2.75, 3.05) is 26.2 Å². The van der Waals surface area contributed by atoms with Gasteiger partial charge in [-0.3, -0.25) is 14.4 Å². The molecule has 7 heteroatoms. The summed E-state index contributed by atoms with van der Waals surface area (Å²) in [6.45, 7) is 7.02. The highest BCUT2D eigenvalue weighted by Gasteiger charge is 2.25. The Morgan fingerprint density at radius 1 is 1.15 bits per heavy atom. The van der Waals surface area contributed by atoms with Crippen LogP contribution in [0.15, 0.2) is 54.6 Å². The zero-order chi connectivity index (χ0) is 23.0. The Bertz CT molecular complexity index is 1050. The van der Waals surface area contributed by atoms with E-state index in [2.05, 4.69) is 46.5 Å². The molecule has 0 radical (unpaired) electrons. The molecule has 0 fully saturated rings. The SMILES string of the molecule is CCN(CCCNC(=O)c1nn(Cc2ccc(F)cc2)c2c1COCC2)Cc1ccccc1. The van der Waals surface area contributed by atoms with Crippen molar-refractivity contribution in [1.82, 2.24) is 20.0 Å². The number of carbonyl (C=O) groups is 1. The van der Waals surface area contributed by atoms with Crippen LogP contribution >= 0.6 is 0 Å². The largest absolute Gasteiger partial charge is 0.376 e. The number of amides is 1. The molecule has 1 aliphatic rings. The highest BCUT2D eigenvalue weighted by Crippen LogP contribution is 2.22. The Morgan fingerprint density at radius 3 is 2.70 bits per heavy atom. The fraction of sp³-hybridized carbons (Fsp3) is 0.385. The van der Waals surface area contributed by atoms with Crippen molar-refractivity contribution in [3.05, 3.63) is 88.5 Å². The smallest absolute Gasteiger partial charge is 0.272 e. The first-order chi connectivity index (χ1) is 16.1. The molecular formula is C26H31FN4O2. The first-order valence-electron chi connectivity index (χ1n) is 11.6. The molecule has 0 saturated heterocycles. The van der Waals surface area contributed by atoms with Gasteiger partial charge in [0, 0.05) is 37.3 Å². The number of ether oxygens (including phenoxy) is 1. The Hall–Kier alpha value is -3.03. The molecule has 2 heterocycles. The van der Waals surface area contributed by atoms with Gasteiger partial charge in [-0.25, -0.2) is 4.39 Å². The third kappa shape index (κ3) is 6.06. The van der Waals surface area contributed by atoms with E-state index in [0.717, 1.165) is 42.9 Å². The maximum Gasteiger partial charge on any atom is 0.272 e. The molecule has 0 saturated carbocycles. The summed E-state index contributed by atoms with van der Waals surface area (Å²) >= 11 is 0. The molecule has 0 atom stereocenters. The molecule has 1 N–H and O–H groups in total. The van der Waals surface area contributed by atoms with Gasteiger partial charge in [-0.15, -0.1) is 0 Å². The van der Waals surface area contributed by atoms with Crippen molar-refractivity contribution in [3.8, 4) is 0 Å². The van der Waals surface area contributed by atoms with Crippen LogP contribution in [0.2, 0.25) is 0 Å². The summed E-state index contributed by atoms with van der Waals surface area (Å²) in [5.41, 5.74) is 4.55. The van der Waals surface area contributed by atoms with E-state index in [-0.39, 0.29) is 11.7 Å². The van der Waals surface area contributed by atoms with E-state index < -0.39 is 0 Å². The predicted molar refractivity (Wildman–Crippen MR) is 125 cm³/mol. The van der Waals surface area contributed by atoms with Crippen molar-refractivity contribution < 1.29 is 13.9 Å². The third-order valence-corrected chi connectivity index (χ3v) is 5.99. The molecule has 1 aliphatic heterocycles. The lowest BCUT2D eigenvalue weighted by Gasteiger charge is -2.20. The van der Waals surface area contributed by atoms with Crippen molar-refractivity contribution in [1.29, 1.82) is 0 Å². The average Bonchev–Trinajstić information content (AvgIpc) is 3.21. The number of halogens is 1. The number of benzene rings is 2. The minimum atomic E-state index is -0.264. The first-order valence-corrected chi connectivity index (χ1v) is 11.6. The van der Waals surface area contributed by atoms with Crippen molar-refractivity contribution in [2.24, 2.45) is 0 Å². The second-order valence-corrected chi connectivity index (χ2v) is 8.32. The van der Waals surface area contributed by atoms with Crippen LogP contribution < -0.4 is 5.32 Å². The van der Waals surface area contributed by atoms with Crippen LogP contribution in [0.4, 0.5) is 4.39 Å². The lowest BCUT2D eigenvalue weighted by molar-refractivity contribution is 0.0923. The van der Waals surface area contributed by atoms with E-state index in [9.17, 15) is 9.18 Å². The summed E-state index contributed by atoms with van der Waals surface area (Å²) in [4.78, 5) is 15.3. The second kappa shape index (κ2) is 11.2. The van der Waals surface area contributed by atoms with Crippen LogP contribution in [0.1, 0.15) is 46.2 Å². The summed E-state index contributed by atoms with van der Waals surface area (Å²) < 4.78 is 20.7. The molecule has 2 aromatic carbocycles. The summed E-state index contributed by atoms with van der Waals surface area (Å²) in [5, 5.41) is 7.65. The lowest BCUT2D eigenvalue weighted by Crippen LogP contribution is -2.30. The fourth-order valence-electron chi connectivity index (χ4n) is 4.16. The number of rotatable bonds is 10. The molecule has 4 rings (SSSR count). The molecule has 0 unspecified atom stereocenters. The van der Waals surface area contributed by atoms with Crippen LogP contribution in [0.25, 0.3) is 0 Å². The zero-order valence-corrected chi connectivity index (χ0v) is 19.1. The van der Waals surface area contributed by atoms with E-state index in [1.54, 1.807) is 12.1 Å². The van der Waals surface area contributed by atoms with E-state index in [4.69, 9.17) is 4.74 Å². The van der Waals surface area contributed by atoms with Crippen LogP contribution in [0.5, 0.6) is 0 Å². The Labute approximate surface area is 194 Å². The van der Waals surface area contributed by atoms with Gasteiger partial charge >= 0.3 is 0 Å². The maximum atomic E-state index is 13.2. The normalized spacial score (nSPS) is 13.2. The predicted octanol–water partition coefficient (Wildman–Crippen LogP) is 3.79. The van der Waals surface area contributed by atoms with Crippen LogP contribution in [0, 0.1) is 5.82 Å². The minimum Gasteiger partial charge on any atom is -0.376 e. The molecule has 0 bridgehead atoms. The van der Waals surface area contributed by atoms with Gasteiger partial charge in [0.25, 0.3) is 5.91 Å². The molecule has 0 aliphatic carbocycles. The van der Waals surface area contributed by atoms with E-state index in [1.807, 2.05) is 10.7 Å². The number of hydrogen-bond donors (Lipinski definition) is 1. The van der Waals surface area contributed by atoms with Crippen LogP contribution in [0.3, 0.4) is 0 Å². The number of nitrogens with zero attached hydrogens (tertiary/aromatic N) is 3. The quantitative estimate of drug-likeness (QED) is 0.478. The van der Waals surface area contributed by atoms with Gasteiger partial charge in [-0.1, -0.05) is 49.4 Å². The van der Waals surface area contributed by atoms with Gasteiger partial charge < -0.3 is 10.1 Å². The van der Waals surface area contributed by atoms with Crippen LogP contribution in [-0.4, -0.2) is 46.8 Å². The zero-order valence-electron chi connectivity index (χ0n) is 19.1. The number of aromatic nitrogens is 2. The molecule has 0 spiro atoms. The Balaban J connectivity index is 1.34. The summed E-state index contributed by atoms with van der Waals surface area (Å²) in [7, 11) is 0. The average molecular weight is 451 g/mol. The van der Waals surface area contributed by atoms with E-state index >= 15 is 0 Å². The second-order valence-electron chi connectivity index (χ2n) is 8.32. The van der Waals surface area contributed by atoms with Gasteiger partial charge in [0.2, 0.25) is 0 Å². The molecule has 6 nitrogen and oxygen atoms in total. The van der Waals surface area contributed by atoms with Crippen LogP contribution in [-0.2, 0) is 30.9 Å². The Kier molecular flexibility index (Phi) is 7.86. The van der Waals surface area contributed by atoms with Gasteiger partial charge in [-0.2, -0.15) is 5.10 Å². The summed E-state index contributed by atoms with van der Waals surface area (Å²) in [5.74, 6) is -0.430. The van der Waals surface area contributed by atoms with Crippen molar-refractivity contribution >= 4 is 5.91 Å².